The van der Waals surface area contributed by atoms with E-state index in [2.05, 4.69) is 264 Å². The summed E-state index contributed by atoms with van der Waals surface area (Å²) in [7, 11) is 0. The largest absolute Gasteiger partial charge is 0.309 e. The van der Waals surface area contributed by atoms with E-state index in [0.717, 1.165) is 25.7 Å². The molecule has 6 unspecified atom stereocenters. The first-order chi connectivity index (χ1) is 40.6. The van der Waals surface area contributed by atoms with Crippen LogP contribution in [0.5, 0.6) is 0 Å². The van der Waals surface area contributed by atoms with Crippen molar-refractivity contribution in [3.05, 3.63) is 288 Å². The molecule has 2 nitrogen and oxygen atoms in total. The summed E-state index contributed by atoms with van der Waals surface area (Å²) in [6.07, 6.45) is 9.36. The lowest BCUT2D eigenvalue weighted by Gasteiger charge is -2.60. The number of aromatic nitrogens is 2. The second-order valence-electron chi connectivity index (χ2n) is 25.1. The van der Waals surface area contributed by atoms with Crippen molar-refractivity contribution < 1.29 is 0 Å². The van der Waals surface area contributed by atoms with Crippen molar-refractivity contribution in [3.63, 3.8) is 0 Å². The van der Waals surface area contributed by atoms with Gasteiger partial charge in [0.15, 0.2) is 0 Å². The van der Waals surface area contributed by atoms with E-state index in [1.807, 2.05) is 0 Å². The molecule has 5 aliphatic carbocycles. The third-order valence-corrected chi connectivity index (χ3v) is 21.2. The molecule has 2 fully saturated rings. The van der Waals surface area contributed by atoms with Gasteiger partial charge in [-0.1, -0.05) is 207 Å². The second kappa shape index (κ2) is 17.8. The Bertz CT molecular complexity index is 4760. The second-order valence-corrected chi connectivity index (χ2v) is 25.1. The first-order valence-electron chi connectivity index (χ1n) is 30.4. The van der Waals surface area contributed by atoms with Crippen LogP contribution in [0.25, 0.3) is 99.5 Å². The van der Waals surface area contributed by atoms with Crippen molar-refractivity contribution in [2.75, 3.05) is 0 Å². The molecule has 0 radical (unpaired) electrons. The molecule has 5 aliphatic rings. The third kappa shape index (κ3) is 6.58. The highest BCUT2D eigenvalue weighted by Crippen LogP contribution is 2.72. The summed E-state index contributed by atoms with van der Waals surface area (Å²) in [5.74, 6) is 1.39. The van der Waals surface area contributed by atoms with E-state index >= 15 is 0 Å². The molecular weight excluding hydrogens is 989 g/mol. The van der Waals surface area contributed by atoms with E-state index in [-0.39, 0.29) is 16.7 Å². The Labute approximate surface area is 480 Å². The molecule has 6 atom stereocenters. The van der Waals surface area contributed by atoms with Crippen LogP contribution in [-0.2, 0) is 10.8 Å². The van der Waals surface area contributed by atoms with E-state index in [1.54, 1.807) is 27.8 Å². The van der Waals surface area contributed by atoms with Gasteiger partial charge >= 0.3 is 0 Å². The molecule has 11 aromatic carbocycles. The van der Waals surface area contributed by atoms with Gasteiger partial charge in [0.05, 0.1) is 22.1 Å². The fourth-order valence-electron chi connectivity index (χ4n) is 18.3. The van der Waals surface area contributed by atoms with Crippen LogP contribution in [0.1, 0.15) is 108 Å². The molecule has 2 heteroatoms. The molecule has 2 aromatic heterocycles. The first kappa shape index (κ1) is 46.7. The molecular formula is C80H62N2. The highest BCUT2D eigenvalue weighted by Gasteiger charge is 2.63. The topological polar surface area (TPSA) is 9.86 Å². The zero-order valence-corrected chi connectivity index (χ0v) is 46.1. The van der Waals surface area contributed by atoms with Crippen LogP contribution >= 0.6 is 0 Å². The minimum absolute atomic E-state index is 0.187. The zero-order valence-electron chi connectivity index (χ0n) is 46.1. The predicted octanol–water partition coefficient (Wildman–Crippen LogP) is 20.9. The quantitative estimate of drug-likeness (QED) is 0.167. The number of rotatable bonds is 3. The van der Waals surface area contributed by atoms with Crippen molar-refractivity contribution in [3.8, 4) is 55.9 Å². The maximum absolute atomic E-state index is 2.75. The summed E-state index contributed by atoms with van der Waals surface area (Å²) in [5, 5.41) is 5.10. The molecule has 392 valence electrons. The Kier molecular flexibility index (Phi) is 10.1. The van der Waals surface area contributed by atoms with Gasteiger partial charge < -0.3 is 9.13 Å². The Morgan fingerprint density at radius 1 is 0.280 bits per heavy atom. The van der Waals surface area contributed by atoms with Crippen LogP contribution in [0, 0.1) is 0 Å². The van der Waals surface area contributed by atoms with Gasteiger partial charge in [-0.05, 0) is 195 Å². The van der Waals surface area contributed by atoms with Crippen LogP contribution in [0.15, 0.2) is 255 Å². The molecule has 6 bridgehead atoms. The van der Waals surface area contributed by atoms with E-state index in [1.165, 1.54) is 131 Å². The Morgan fingerprint density at radius 3 is 1.29 bits per heavy atom. The number of hydrogen-bond donors (Lipinski definition) is 0. The van der Waals surface area contributed by atoms with Gasteiger partial charge in [0.2, 0.25) is 0 Å². The highest BCUT2D eigenvalue weighted by molar-refractivity contribution is 6.13. The number of fused-ring (bicyclic) bond motifs is 21. The summed E-state index contributed by atoms with van der Waals surface area (Å²) in [6.45, 7) is 0. The van der Waals surface area contributed by atoms with Crippen molar-refractivity contribution in [1.29, 1.82) is 0 Å². The van der Waals surface area contributed by atoms with Crippen molar-refractivity contribution >= 4 is 43.6 Å². The minimum atomic E-state index is -0.242. The average Bonchev–Trinajstić information content (AvgIpc) is 1.46. The predicted molar refractivity (Wildman–Crippen MR) is 341 cm³/mol. The normalized spacial score (nSPS) is 22.1. The van der Waals surface area contributed by atoms with Crippen LogP contribution in [0.3, 0.4) is 0 Å². The molecule has 13 aromatic rings. The monoisotopic (exact) mass is 1050 g/mol. The molecule has 0 aliphatic heterocycles. The Hall–Kier alpha value is -8.98. The molecule has 2 saturated carbocycles. The maximum Gasteiger partial charge on any atom is 0.0541 e. The van der Waals surface area contributed by atoms with Crippen LogP contribution in [0.4, 0.5) is 0 Å². The van der Waals surface area contributed by atoms with Crippen molar-refractivity contribution in [2.45, 2.75) is 85.9 Å². The molecule has 0 N–H and O–H groups in total. The smallest absolute Gasteiger partial charge is 0.0541 e. The molecule has 0 saturated heterocycles. The fourth-order valence-corrected chi connectivity index (χ4v) is 18.3. The fraction of sp³-hybridized carbons (Fsp3) is 0.175. The van der Waals surface area contributed by atoms with Gasteiger partial charge in [-0.3, -0.25) is 0 Å². The molecule has 18 rings (SSSR count). The van der Waals surface area contributed by atoms with E-state index in [0.29, 0.717) is 17.8 Å². The van der Waals surface area contributed by atoms with Gasteiger partial charge in [-0.15, -0.1) is 0 Å². The van der Waals surface area contributed by atoms with Crippen molar-refractivity contribution in [2.24, 2.45) is 0 Å². The Balaban J connectivity index is 0.898. The third-order valence-electron chi connectivity index (χ3n) is 21.2. The lowest BCUT2D eigenvalue weighted by atomic mass is 9.42. The van der Waals surface area contributed by atoms with Gasteiger partial charge in [-0.2, -0.15) is 0 Å². The number of para-hydroxylation sites is 3. The standard InChI is InChI=1S/C80H62N2/c1-2-22-56(23-3-1)81-74-36-18-15-32-67(74)70-44-51(38-42-76(70)81)52-39-43-77-71(45-52)68-33-16-19-37-75(68)82(77)57-40-41-66-63-29-11-8-26-60(63)55-49-79-47-53(59-25-7-10-28-62(59)65-31-14-17-35-72(65)79)20-4-5-21-54-48-80(50-55,73(66)46-57)78(79)69-34-13-12-30-64(69)61-27-9-6-24-58(54)61/h1-3,6-19,22-46,53-55,78H,4-5,20-21,47-50H2. The maximum atomic E-state index is 2.75. The van der Waals surface area contributed by atoms with Crippen LogP contribution in [-0.4, -0.2) is 9.13 Å². The summed E-state index contributed by atoms with van der Waals surface area (Å²) in [5.41, 5.74) is 27.4. The molecule has 2 heterocycles. The lowest BCUT2D eigenvalue weighted by molar-refractivity contribution is 0.0943. The SMILES string of the molecule is c1ccc(-n2c3ccccc3c3cc(-c4ccc5c(c4)c4ccccc4n5-c4ccc5c(c4)C46CC7CCCCC8CC(CC(C4)c4ccccc4-5)(c4ccccc4-c4ccccc48)C6c4ccccc4-c4ccccc47)ccc32)cc1. The van der Waals surface area contributed by atoms with Crippen LogP contribution in [0.2, 0.25) is 0 Å². The lowest BCUT2D eigenvalue weighted by Crippen LogP contribution is -2.53. The van der Waals surface area contributed by atoms with E-state index in [4.69, 9.17) is 0 Å². The summed E-state index contributed by atoms with van der Waals surface area (Å²) in [4.78, 5) is 0. The minimum Gasteiger partial charge on any atom is -0.309 e. The number of benzene rings is 11. The zero-order chi connectivity index (χ0) is 53.7. The van der Waals surface area contributed by atoms with Gasteiger partial charge in [0, 0.05) is 49.7 Å². The highest BCUT2D eigenvalue weighted by atomic mass is 15.0. The van der Waals surface area contributed by atoms with Crippen LogP contribution < -0.4 is 0 Å². The summed E-state index contributed by atoms with van der Waals surface area (Å²) in [6, 6.07) is 99.6. The summed E-state index contributed by atoms with van der Waals surface area (Å²) < 4.78 is 5.03. The molecule has 82 heavy (non-hydrogen) atoms. The molecule has 0 amide bonds. The van der Waals surface area contributed by atoms with Gasteiger partial charge in [0.25, 0.3) is 0 Å². The number of hydrogen-bond acceptors (Lipinski definition) is 0. The van der Waals surface area contributed by atoms with E-state index in [9.17, 15) is 0 Å². The van der Waals surface area contributed by atoms with E-state index < -0.39 is 0 Å². The van der Waals surface area contributed by atoms with Gasteiger partial charge in [0.1, 0.15) is 0 Å². The molecule has 2 spiro atoms. The van der Waals surface area contributed by atoms with Crippen molar-refractivity contribution in [1.82, 2.24) is 9.13 Å². The average molecular weight is 1050 g/mol. The Morgan fingerprint density at radius 2 is 0.695 bits per heavy atom. The summed E-state index contributed by atoms with van der Waals surface area (Å²) >= 11 is 0. The van der Waals surface area contributed by atoms with Gasteiger partial charge in [-0.25, -0.2) is 0 Å². The number of nitrogens with zero attached hydrogens (tertiary/aromatic N) is 2. The first-order valence-corrected chi connectivity index (χ1v) is 30.4.